The van der Waals surface area contributed by atoms with Crippen LogP contribution in [0.15, 0.2) is 61.1 Å². The average Bonchev–Trinajstić information content (AvgIpc) is 3.93. The van der Waals surface area contributed by atoms with Crippen LogP contribution in [0, 0.1) is 5.92 Å². The lowest BCUT2D eigenvalue weighted by Gasteiger charge is -2.37. The fourth-order valence-corrected chi connectivity index (χ4v) is 10.1. The van der Waals surface area contributed by atoms with Gasteiger partial charge in [-0.05, 0) is 99.3 Å². The molecule has 0 spiro atoms. The number of carbonyl (C=O) groups excluding carboxylic acids is 4. The van der Waals surface area contributed by atoms with Crippen LogP contribution in [0.25, 0.3) is 0 Å². The number of nitrogens with two attached hydrogens (primary N) is 1. The summed E-state index contributed by atoms with van der Waals surface area (Å²) in [7, 11) is 3.83. The number of anilines is 6. The van der Waals surface area contributed by atoms with E-state index in [0.29, 0.717) is 42.9 Å². The predicted molar refractivity (Wildman–Crippen MR) is 232 cm³/mol. The standard InChI is InChI=1S/C44H56N12O4/c1-28-51(3)37-23-33(10-11-35(37)56(28)36-12-13-39(57)49-43(36)59)53-20-14-29(26-53)25-52-18-15-31(16-19-52)30-6-8-32(9-7-30)47-42-40(41(45)58)46-24-38(48-42)54-17-4-5-34(27-54)55-22-21-50(2)44(55)60/h6-11,23-24,29,31,34,36H,1,4-5,12-22,25-27H2,2-3H3,(H2,45,58)(H,47,48)(H,49,57,59)/t29-,34+,36+/m0/s1. The number of primary amides is 1. The van der Waals surface area contributed by atoms with Crippen LogP contribution in [0.3, 0.4) is 0 Å². The van der Waals surface area contributed by atoms with Gasteiger partial charge < -0.3 is 45.3 Å². The molecule has 9 rings (SSSR count). The molecule has 0 unspecified atom stereocenters. The zero-order valence-electron chi connectivity index (χ0n) is 34.7. The molecule has 5 amide bonds. The molecule has 6 aliphatic heterocycles. The fraction of sp³-hybridized carbons (Fsp3) is 0.500. The van der Waals surface area contributed by atoms with Crippen molar-refractivity contribution in [2.45, 2.75) is 62.9 Å². The molecule has 1 aromatic heterocycles. The van der Waals surface area contributed by atoms with E-state index < -0.39 is 11.9 Å². The molecule has 60 heavy (non-hydrogen) atoms. The van der Waals surface area contributed by atoms with Crippen molar-refractivity contribution < 1.29 is 19.2 Å². The van der Waals surface area contributed by atoms with Crippen molar-refractivity contribution in [3.8, 4) is 0 Å². The van der Waals surface area contributed by atoms with Gasteiger partial charge in [0.1, 0.15) is 17.7 Å². The Morgan fingerprint density at radius 2 is 1.70 bits per heavy atom. The molecule has 0 aliphatic carbocycles. The third kappa shape index (κ3) is 7.68. The van der Waals surface area contributed by atoms with Crippen molar-refractivity contribution in [1.82, 2.24) is 30.0 Å². The molecular weight excluding hydrogens is 761 g/mol. The summed E-state index contributed by atoms with van der Waals surface area (Å²) in [5, 5.41) is 5.81. The Kier molecular flexibility index (Phi) is 10.7. The summed E-state index contributed by atoms with van der Waals surface area (Å²) in [6.07, 6.45) is 7.64. The highest BCUT2D eigenvalue weighted by Crippen LogP contribution is 2.45. The van der Waals surface area contributed by atoms with Gasteiger partial charge in [-0.25, -0.2) is 14.8 Å². The maximum absolute atomic E-state index is 12.7. The number of carbonyl (C=O) groups is 4. The van der Waals surface area contributed by atoms with E-state index in [1.54, 1.807) is 11.1 Å². The van der Waals surface area contributed by atoms with Gasteiger partial charge in [0.2, 0.25) is 11.8 Å². The van der Waals surface area contributed by atoms with Gasteiger partial charge in [-0.2, -0.15) is 0 Å². The number of benzene rings is 2. The number of fused-ring (bicyclic) bond motifs is 1. The lowest BCUT2D eigenvalue weighted by atomic mass is 9.89. The smallest absolute Gasteiger partial charge is 0.320 e. The number of hydrogen-bond acceptors (Lipinski definition) is 12. The van der Waals surface area contributed by atoms with Crippen molar-refractivity contribution in [2.24, 2.45) is 11.7 Å². The van der Waals surface area contributed by atoms with E-state index in [1.807, 2.05) is 40.9 Å². The molecule has 2 aromatic carbocycles. The Labute approximate surface area is 351 Å². The summed E-state index contributed by atoms with van der Waals surface area (Å²) in [4.78, 5) is 73.9. The highest BCUT2D eigenvalue weighted by Gasteiger charge is 2.40. The number of hydrogen-bond donors (Lipinski definition) is 3. The molecule has 5 saturated heterocycles. The average molecular weight is 817 g/mol. The third-order valence-corrected chi connectivity index (χ3v) is 13.6. The highest BCUT2D eigenvalue weighted by atomic mass is 16.2. The first kappa shape index (κ1) is 39.6. The van der Waals surface area contributed by atoms with Crippen molar-refractivity contribution in [1.29, 1.82) is 0 Å². The number of likely N-dealkylation sites (tertiary alicyclic amines) is 1. The molecule has 0 saturated carbocycles. The quantitative estimate of drug-likeness (QED) is 0.253. The van der Waals surface area contributed by atoms with Gasteiger partial charge in [-0.15, -0.1) is 0 Å². The summed E-state index contributed by atoms with van der Waals surface area (Å²) in [6.45, 7) is 12.4. The van der Waals surface area contributed by atoms with Crippen LogP contribution in [0.1, 0.15) is 66.9 Å². The topological polar surface area (TPSA) is 167 Å². The van der Waals surface area contributed by atoms with E-state index in [1.165, 1.54) is 11.3 Å². The molecule has 4 N–H and O–H groups in total. The van der Waals surface area contributed by atoms with Crippen LogP contribution in [0.2, 0.25) is 0 Å². The minimum absolute atomic E-state index is 0.0719. The van der Waals surface area contributed by atoms with Crippen molar-refractivity contribution >= 4 is 58.1 Å². The van der Waals surface area contributed by atoms with Gasteiger partial charge in [-0.1, -0.05) is 18.7 Å². The molecule has 0 radical (unpaired) electrons. The maximum Gasteiger partial charge on any atom is 0.320 e. The van der Waals surface area contributed by atoms with Gasteiger partial charge in [-0.3, -0.25) is 19.7 Å². The molecular formula is C44H56N12O4. The second-order valence-corrected chi connectivity index (χ2v) is 17.3. The maximum atomic E-state index is 12.7. The van der Waals surface area contributed by atoms with Gasteiger partial charge >= 0.3 is 6.03 Å². The fourth-order valence-electron chi connectivity index (χ4n) is 10.1. The Morgan fingerprint density at radius 3 is 2.43 bits per heavy atom. The predicted octanol–water partition coefficient (Wildman–Crippen LogP) is 3.89. The van der Waals surface area contributed by atoms with Crippen molar-refractivity contribution in [2.75, 3.05) is 97.9 Å². The molecule has 3 aromatic rings. The number of amides is 5. The third-order valence-electron chi connectivity index (χ3n) is 13.6. The number of rotatable bonds is 10. The van der Waals surface area contributed by atoms with Crippen molar-refractivity contribution in [3.63, 3.8) is 0 Å². The number of aromatic nitrogens is 2. The van der Waals surface area contributed by atoms with E-state index in [9.17, 15) is 19.2 Å². The van der Waals surface area contributed by atoms with Crippen LogP contribution >= 0.6 is 0 Å². The van der Waals surface area contributed by atoms with E-state index >= 15 is 0 Å². The number of nitrogens with one attached hydrogen (secondary N) is 2. The number of nitrogens with zero attached hydrogens (tertiary/aromatic N) is 9. The molecule has 5 fully saturated rings. The lowest BCUT2D eigenvalue weighted by Crippen LogP contribution is -2.52. The Hall–Kier alpha value is -5.90. The zero-order chi connectivity index (χ0) is 41.7. The second kappa shape index (κ2) is 16.3. The first-order valence-electron chi connectivity index (χ1n) is 21.5. The first-order valence-corrected chi connectivity index (χ1v) is 21.5. The molecule has 3 atom stereocenters. The summed E-state index contributed by atoms with van der Waals surface area (Å²) >= 11 is 0. The van der Waals surface area contributed by atoms with Crippen LogP contribution in [0.5, 0.6) is 0 Å². The van der Waals surface area contributed by atoms with Crippen LogP contribution in [-0.2, 0) is 9.59 Å². The van der Waals surface area contributed by atoms with Gasteiger partial charge in [0.25, 0.3) is 5.91 Å². The Balaban J connectivity index is 0.775. The van der Waals surface area contributed by atoms with Gasteiger partial charge in [0.15, 0.2) is 11.5 Å². The van der Waals surface area contributed by atoms with Gasteiger partial charge in [0.05, 0.1) is 23.6 Å². The minimum Gasteiger partial charge on any atom is -0.371 e. The second-order valence-electron chi connectivity index (χ2n) is 17.3. The molecule has 16 heteroatoms. The SMILES string of the molecule is C=C1N(C)c2cc(N3CC[C@@H](CN4CCC(c5ccc(Nc6nc(N7CCC[C@@H](N8CCN(C)C8=O)C7)cnc6C(N)=O)cc5)CC4)C3)ccc2N1[C@@H]1CCC(=O)NC1=O. The number of imide groups is 1. The highest BCUT2D eigenvalue weighted by molar-refractivity contribution is 6.03. The van der Waals surface area contributed by atoms with Crippen LogP contribution in [-0.4, -0.2) is 134 Å². The zero-order valence-corrected chi connectivity index (χ0v) is 34.7. The molecule has 0 bridgehead atoms. The molecule has 316 valence electrons. The lowest BCUT2D eigenvalue weighted by molar-refractivity contribution is -0.134. The van der Waals surface area contributed by atoms with Crippen molar-refractivity contribution in [3.05, 3.63) is 72.3 Å². The number of piperidine rings is 3. The number of likely N-dealkylation sites (N-methyl/N-ethyl adjacent to an activating group) is 1. The van der Waals surface area contributed by atoms with Crippen LogP contribution < -0.4 is 36.0 Å². The van der Waals surface area contributed by atoms with Gasteiger partial charge in [0, 0.05) is 77.7 Å². The molecule has 6 aliphatic rings. The normalized spacial score (nSPS) is 24.1. The van der Waals surface area contributed by atoms with E-state index in [0.717, 1.165) is 107 Å². The Morgan fingerprint density at radius 1 is 0.900 bits per heavy atom. The molecule has 16 nitrogen and oxygen atoms in total. The first-order chi connectivity index (χ1) is 29.0. The van der Waals surface area contributed by atoms with E-state index in [-0.39, 0.29) is 29.6 Å². The minimum atomic E-state index is -0.643. The number of urea groups is 1. The molecule has 7 heterocycles. The summed E-state index contributed by atoms with van der Waals surface area (Å²) in [6, 6.07) is 14.6. The largest absolute Gasteiger partial charge is 0.371 e. The summed E-state index contributed by atoms with van der Waals surface area (Å²) in [5.41, 5.74) is 11.1. The van der Waals surface area contributed by atoms with E-state index in [2.05, 4.69) is 67.2 Å². The monoisotopic (exact) mass is 816 g/mol. The summed E-state index contributed by atoms with van der Waals surface area (Å²) in [5.74, 6) is 1.68. The van der Waals surface area contributed by atoms with E-state index in [4.69, 9.17) is 10.7 Å². The summed E-state index contributed by atoms with van der Waals surface area (Å²) < 4.78 is 0. The van der Waals surface area contributed by atoms with Crippen LogP contribution in [0.4, 0.5) is 39.2 Å². The Bertz CT molecular complexity index is 2170.